The third-order valence-electron chi connectivity index (χ3n) is 3.80. The fourth-order valence-electron chi connectivity index (χ4n) is 2.37. The summed E-state index contributed by atoms with van der Waals surface area (Å²) in [6.45, 7) is 3.96. The van der Waals surface area contributed by atoms with Gasteiger partial charge in [0.1, 0.15) is 0 Å². The third-order valence-corrected chi connectivity index (χ3v) is 3.80. The van der Waals surface area contributed by atoms with Crippen molar-refractivity contribution in [1.82, 2.24) is 9.78 Å². The standard InChI is InChI=1S/C18H18F2N2O3/c1-11-14(12(2)22(21-11)9-8-18(24)25-3)5-7-17(23)13-4-6-15(19)16(20)10-13/h4-7,10H,8-9H2,1-3H3/b7-5-. The molecule has 0 fully saturated rings. The summed E-state index contributed by atoms with van der Waals surface area (Å²) >= 11 is 0. The highest BCUT2D eigenvalue weighted by atomic mass is 19.2. The van der Waals surface area contributed by atoms with Crippen LogP contribution in [-0.4, -0.2) is 28.6 Å². The number of nitrogens with zero attached hydrogens (tertiary/aromatic N) is 2. The number of hydrogen-bond acceptors (Lipinski definition) is 4. The Morgan fingerprint density at radius 3 is 2.60 bits per heavy atom. The van der Waals surface area contributed by atoms with E-state index < -0.39 is 17.4 Å². The smallest absolute Gasteiger partial charge is 0.307 e. The number of aromatic nitrogens is 2. The zero-order valence-corrected chi connectivity index (χ0v) is 14.2. The molecule has 0 bridgehead atoms. The van der Waals surface area contributed by atoms with Gasteiger partial charge in [-0.05, 0) is 44.2 Å². The summed E-state index contributed by atoms with van der Waals surface area (Å²) in [4.78, 5) is 23.3. The van der Waals surface area contributed by atoms with Crippen LogP contribution in [-0.2, 0) is 16.1 Å². The largest absolute Gasteiger partial charge is 0.469 e. The van der Waals surface area contributed by atoms with Crippen molar-refractivity contribution in [2.75, 3.05) is 7.11 Å². The number of methoxy groups -OCH3 is 1. The van der Waals surface area contributed by atoms with Crippen molar-refractivity contribution >= 4 is 17.8 Å². The first-order chi connectivity index (χ1) is 11.8. The van der Waals surface area contributed by atoms with Gasteiger partial charge in [-0.2, -0.15) is 5.10 Å². The van der Waals surface area contributed by atoms with Crippen LogP contribution in [0.25, 0.3) is 6.08 Å². The van der Waals surface area contributed by atoms with Gasteiger partial charge in [0.05, 0.1) is 25.8 Å². The number of carbonyl (C=O) groups excluding carboxylic acids is 2. The lowest BCUT2D eigenvalue weighted by molar-refractivity contribution is -0.140. The summed E-state index contributed by atoms with van der Waals surface area (Å²) in [5.41, 5.74) is 2.27. The summed E-state index contributed by atoms with van der Waals surface area (Å²) in [5.74, 6) is -2.85. The van der Waals surface area contributed by atoms with E-state index in [1.807, 2.05) is 6.92 Å². The Hall–Kier alpha value is -2.83. The molecule has 1 aromatic heterocycles. The zero-order chi connectivity index (χ0) is 18.6. The molecule has 0 aliphatic carbocycles. The van der Waals surface area contributed by atoms with Gasteiger partial charge in [0.15, 0.2) is 17.4 Å². The maximum Gasteiger partial charge on any atom is 0.307 e. The second-order valence-corrected chi connectivity index (χ2v) is 5.46. The monoisotopic (exact) mass is 348 g/mol. The lowest BCUT2D eigenvalue weighted by Crippen LogP contribution is -2.09. The molecule has 7 heteroatoms. The topological polar surface area (TPSA) is 61.2 Å². The number of ketones is 1. The van der Waals surface area contributed by atoms with E-state index in [-0.39, 0.29) is 18.0 Å². The number of hydrogen-bond donors (Lipinski definition) is 0. The van der Waals surface area contributed by atoms with E-state index in [0.29, 0.717) is 12.2 Å². The van der Waals surface area contributed by atoms with E-state index in [0.717, 1.165) is 23.4 Å². The minimum atomic E-state index is -1.07. The van der Waals surface area contributed by atoms with Crippen LogP contribution in [0.15, 0.2) is 24.3 Å². The fraction of sp³-hybridized carbons (Fsp3) is 0.278. The van der Waals surface area contributed by atoms with Gasteiger partial charge in [0, 0.05) is 16.8 Å². The molecule has 132 valence electrons. The van der Waals surface area contributed by atoms with Crippen molar-refractivity contribution in [3.8, 4) is 0 Å². The van der Waals surface area contributed by atoms with E-state index >= 15 is 0 Å². The van der Waals surface area contributed by atoms with E-state index in [4.69, 9.17) is 0 Å². The molecular weight excluding hydrogens is 330 g/mol. The van der Waals surface area contributed by atoms with Crippen molar-refractivity contribution in [2.45, 2.75) is 26.8 Å². The molecule has 2 aromatic rings. The Kier molecular flexibility index (Phi) is 5.80. The summed E-state index contributed by atoms with van der Waals surface area (Å²) in [5, 5.41) is 4.33. The highest BCUT2D eigenvalue weighted by Gasteiger charge is 2.12. The first kappa shape index (κ1) is 18.5. The Bertz CT molecular complexity index is 841. The molecule has 0 spiro atoms. The first-order valence-electron chi connectivity index (χ1n) is 7.61. The van der Waals surface area contributed by atoms with Crippen LogP contribution in [0.5, 0.6) is 0 Å². The van der Waals surface area contributed by atoms with Crippen molar-refractivity contribution in [2.24, 2.45) is 0 Å². The van der Waals surface area contributed by atoms with Gasteiger partial charge in [-0.3, -0.25) is 14.3 Å². The van der Waals surface area contributed by atoms with Crippen LogP contribution in [0.3, 0.4) is 0 Å². The average molecular weight is 348 g/mol. The predicted octanol–water partition coefficient (Wildman–Crippen LogP) is 3.24. The fourth-order valence-corrected chi connectivity index (χ4v) is 2.37. The molecular formula is C18H18F2N2O3. The number of aryl methyl sites for hydroxylation is 2. The van der Waals surface area contributed by atoms with Crippen molar-refractivity contribution < 1.29 is 23.1 Å². The van der Waals surface area contributed by atoms with Crippen molar-refractivity contribution in [3.05, 3.63) is 58.4 Å². The zero-order valence-electron chi connectivity index (χ0n) is 14.2. The van der Waals surface area contributed by atoms with E-state index in [1.165, 1.54) is 19.3 Å². The van der Waals surface area contributed by atoms with E-state index in [1.54, 1.807) is 17.7 Å². The van der Waals surface area contributed by atoms with Crippen LogP contribution in [0.2, 0.25) is 0 Å². The summed E-state index contributed by atoms with van der Waals surface area (Å²) in [6.07, 6.45) is 3.06. The average Bonchev–Trinajstić information content (AvgIpc) is 2.86. The van der Waals surface area contributed by atoms with Gasteiger partial charge in [-0.15, -0.1) is 0 Å². The number of benzene rings is 1. The summed E-state index contributed by atoms with van der Waals surface area (Å²) in [6, 6.07) is 3.00. The molecule has 0 saturated carbocycles. The Balaban J connectivity index is 2.17. The SMILES string of the molecule is COC(=O)CCn1nc(C)c(/C=C\C(=O)c2ccc(F)c(F)c2)c1C. The van der Waals surface area contributed by atoms with Crippen molar-refractivity contribution in [1.29, 1.82) is 0 Å². The quantitative estimate of drug-likeness (QED) is 0.457. The van der Waals surface area contributed by atoms with E-state index in [9.17, 15) is 18.4 Å². The van der Waals surface area contributed by atoms with Gasteiger partial charge >= 0.3 is 5.97 Å². The highest BCUT2D eigenvalue weighted by molar-refractivity contribution is 6.06. The molecule has 0 unspecified atom stereocenters. The highest BCUT2D eigenvalue weighted by Crippen LogP contribution is 2.17. The Morgan fingerprint density at radius 1 is 1.24 bits per heavy atom. The molecule has 5 nitrogen and oxygen atoms in total. The lowest BCUT2D eigenvalue weighted by atomic mass is 10.1. The van der Waals surface area contributed by atoms with Gasteiger partial charge in [-0.1, -0.05) is 0 Å². The van der Waals surface area contributed by atoms with Crippen LogP contribution in [0, 0.1) is 25.5 Å². The first-order valence-corrected chi connectivity index (χ1v) is 7.61. The maximum absolute atomic E-state index is 13.2. The second-order valence-electron chi connectivity index (χ2n) is 5.46. The molecule has 0 N–H and O–H groups in total. The predicted molar refractivity (Wildman–Crippen MR) is 88.1 cm³/mol. The Labute approximate surface area is 143 Å². The molecule has 1 aromatic carbocycles. The molecule has 0 aliphatic rings. The molecule has 0 atom stereocenters. The number of rotatable bonds is 6. The number of carbonyl (C=O) groups is 2. The van der Waals surface area contributed by atoms with Crippen LogP contribution in [0.1, 0.15) is 33.7 Å². The summed E-state index contributed by atoms with van der Waals surface area (Å²) < 4.78 is 32.4. The van der Waals surface area contributed by atoms with Crippen LogP contribution < -0.4 is 0 Å². The molecule has 0 aliphatic heterocycles. The minimum absolute atomic E-state index is 0.0588. The van der Waals surface area contributed by atoms with Gasteiger partial charge in [-0.25, -0.2) is 8.78 Å². The van der Waals surface area contributed by atoms with Gasteiger partial charge in [0.2, 0.25) is 0 Å². The molecule has 0 saturated heterocycles. The van der Waals surface area contributed by atoms with Crippen molar-refractivity contribution in [3.63, 3.8) is 0 Å². The number of halogens is 2. The normalized spacial score (nSPS) is 11.1. The van der Waals surface area contributed by atoms with Crippen LogP contribution >= 0.6 is 0 Å². The number of ether oxygens (including phenoxy) is 1. The maximum atomic E-state index is 13.2. The molecule has 0 amide bonds. The number of allylic oxidation sites excluding steroid dienone is 1. The van der Waals surface area contributed by atoms with Crippen LogP contribution in [0.4, 0.5) is 8.78 Å². The molecule has 0 radical (unpaired) electrons. The number of esters is 1. The minimum Gasteiger partial charge on any atom is -0.469 e. The van der Waals surface area contributed by atoms with Gasteiger partial charge in [0.25, 0.3) is 0 Å². The molecule has 25 heavy (non-hydrogen) atoms. The second kappa shape index (κ2) is 7.83. The molecule has 1 heterocycles. The lowest BCUT2D eigenvalue weighted by Gasteiger charge is -2.03. The third kappa shape index (κ3) is 4.37. The van der Waals surface area contributed by atoms with Gasteiger partial charge < -0.3 is 4.74 Å². The summed E-state index contributed by atoms with van der Waals surface area (Å²) in [7, 11) is 1.32. The van der Waals surface area contributed by atoms with E-state index in [2.05, 4.69) is 9.84 Å². The Morgan fingerprint density at radius 2 is 1.96 bits per heavy atom. The molecule has 2 rings (SSSR count).